The SMILES string of the molecule is COc1cc([N+](=O)[O-])cc([C@@H](N)C2CCC2)c1O.Cl. The summed E-state index contributed by atoms with van der Waals surface area (Å²) in [5, 5.41) is 20.8. The molecular formula is C12H17ClN2O4. The van der Waals surface area contributed by atoms with Crippen molar-refractivity contribution in [3.8, 4) is 11.5 Å². The number of non-ortho nitro benzene ring substituents is 1. The fourth-order valence-electron chi connectivity index (χ4n) is 2.18. The first-order chi connectivity index (χ1) is 8.54. The van der Waals surface area contributed by atoms with Gasteiger partial charge in [0.05, 0.1) is 18.1 Å². The van der Waals surface area contributed by atoms with Gasteiger partial charge >= 0.3 is 0 Å². The monoisotopic (exact) mass is 288 g/mol. The maximum Gasteiger partial charge on any atom is 0.273 e. The Balaban J connectivity index is 0.00000180. The molecule has 0 aromatic heterocycles. The Kier molecular flexibility index (Phi) is 4.97. The van der Waals surface area contributed by atoms with Crippen molar-refractivity contribution in [3.63, 3.8) is 0 Å². The van der Waals surface area contributed by atoms with Gasteiger partial charge in [-0.25, -0.2) is 0 Å². The molecule has 1 fully saturated rings. The number of hydrogen-bond acceptors (Lipinski definition) is 5. The van der Waals surface area contributed by atoms with Crippen molar-refractivity contribution >= 4 is 18.1 Å². The highest BCUT2D eigenvalue weighted by molar-refractivity contribution is 5.85. The Morgan fingerprint density at radius 3 is 2.58 bits per heavy atom. The largest absolute Gasteiger partial charge is 0.504 e. The first-order valence-corrected chi connectivity index (χ1v) is 5.85. The number of hydrogen-bond donors (Lipinski definition) is 2. The van der Waals surface area contributed by atoms with Gasteiger partial charge in [-0.3, -0.25) is 10.1 Å². The Morgan fingerprint density at radius 1 is 1.53 bits per heavy atom. The Labute approximate surface area is 117 Å². The number of benzene rings is 1. The van der Waals surface area contributed by atoms with Crippen LogP contribution in [0.1, 0.15) is 30.9 Å². The van der Waals surface area contributed by atoms with E-state index in [0.717, 1.165) is 19.3 Å². The summed E-state index contributed by atoms with van der Waals surface area (Å²) in [6.45, 7) is 0. The molecule has 1 aliphatic rings. The molecule has 0 heterocycles. The number of phenolic OH excluding ortho intramolecular Hbond substituents is 1. The third kappa shape index (κ3) is 2.90. The standard InChI is InChI=1S/C12H16N2O4.ClH/c1-18-10-6-8(14(16)17)5-9(12(10)15)11(13)7-3-2-4-7;/h5-7,11,15H,2-4,13H2,1H3;1H/t11-;/m0./s1. The molecule has 1 aliphatic carbocycles. The first kappa shape index (κ1) is 15.5. The summed E-state index contributed by atoms with van der Waals surface area (Å²) in [7, 11) is 1.36. The second-order valence-electron chi connectivity index (χ2n) is 4.56. The lowest BCUT2D eigenvalue weighted by Gasteiger charge is -2.31. The highest BCUT2D eigenvalue weighted by Crippen LogP contribution is 2.43. The number of aromatic hydroxyl groups is 1. The smallest absolute Gasteiger partial charge is 0.273 e. The van der Waals surface area contributed by atoms with E-state index in [1.165, 1.54) is 19.2 Å². The molecule has 3 N–H and O–H groups in total. The number of methoxy groups -OCH3 is 1. The van der Waals surface area contributed by atoms with Gasteiger partial charge < -0.3 is 15.6 Å². The van der Waals surface area contributed by atoms with Gasteiger partial charge in [0.1, 0.15) is 0 Å². The fourth-order valence-corrected chi connectivity index (χ4v) is 2.18. The maximum absolute atomic E-state index is 10.8. The van der Waals surface area contributed by atoms with Crippen LogP contribution in [0.3, 0.4) is 0 Å². The van der Waals surface area contributed by atoms with E-state index in [4.69, 9.17) is 10.5 Å². The third-order valence-corrected chi connectivity index (χ3v) is 3.54. The van der Waals surface area contributed by atoms with Gasteiger partial charge in [-0.05, 0) is 18.8 Å². The first-order valence-electron chi connectivity index (χ1n) is 5.85. The molecule has 0 saturated heterocycles. The topological polar surface area (TPSA) is 98.6 Å². The van der Waals surface area contributed by atoms with Gasteiger partial charge in [0.25, 0.3) is 5.69 Å². The molecule has 19 heavy (non-hydrogen) atoms. The van der Waals surface area contributed by atoms with E-state index in [0.29, 0.717) is 5.56 Å². The molecule has 1 aromatic carbocycles. The van der Waals surface area contributed by atoms with Gasteiger partial charge in [-0.2, -0.15) is 0 Å². The lowest BCUT2D eigenvalue weighted by molar-refractivity contribution is -0.385. The van der Waals surface area contributed by atoms with Crippen LogP contribution in [0.2, 0.25) is 0 Å². The van der Waals surface area contributed by atoms with Crippen molar-refractivity contribution in [1.29, 1.82) is 0 Å². The van der Waals surface area contributed by atoms with Crippen molar-refractivity contribution < 1.29 is 14.8 Å². The van der Waals surface area contributed by atoms with Crippen molar-refractivity contribution in [2.75, 3.05) is 7.11 Å². The summed E-state index contributed by atoms with van der Waals surface area (Å²) in [6.07, 6.45) is 3.10. The molecule has 1 atom stereocenters. The highest BCUT2D eigenvalue weighted by atomic mass is 35.5. The average molecular weight is 289 g/mol. The highest BCUT2D eigenvalue weighted by Gasteiger charge is 2.30. The van der Waals surface area contributed by atoms with E-state index in [1.54, 1.807) is 0 Å². The molecule has 1 saturated carbocycles. The number of nitro groups is 1. The Morgan fingerprint density at radius 2 is 2.16 bits per heavy atom. The zero-order chi connectivity index (χ0) is 13.3. The van der Waals surface area contributed by atoms with Crippen LogP contribution >= 0.6 is 12.4 Å². The van der Waals surface area contributed by atoms with Gasteiger partial charge in [-0.1, -0.05) is 6.42 Å². The predicted molar refractivity (Wildman–Crippen MR) is 72.8 cm³/mol. The summed E-state index contributed by atoms with van der Waals surface area (Å²) in [4.78, 5) is 10.3. The molecule has 0 unspecified atom stereocenters. The van der Waals surface area contributed by atoms with Crippen LogP contribution in [0.4, 0.5) is 5.69 Å². The summed E-state index contributed by atoms with van der Waals surface area (Å²) >= 11 is 0. The van der Waals surface area contributed by atoms with Crippen molar-refractivity contribution in [1.82, 2.24) is 0 Å². The Bertz CT molecular complexity index is 477. The number of phenols is 1. The second kappa shape index (κ2) is 6.08. The van der Waals surface area contributed by atoms with E-state index >= 15 is 0 Å². The van der Waals surface area contributed by atoms with Crippen LogP contribution in [-0.4, -0.2) is 17.1 Å². The van der Waals surface area contributed by atoms with Crippen molar-refractivity contribution in [2.45, 2.75) is 25.3 Å². The molecule has 0 amide bonds. The number of ether oxygens (including phenoxy) is 1. The molecule has 6 nitrogen and oxygen atoms in total. The van der Waals surface area contributed by atoms with Crippen molar-refractivity contribution in [2.24, 2.45) is 11.7 Å². The summed E-state index contributed by atoms with van der Waals surface area (Å²) in [5.41, 5.74) is 6.33. The van der Waals surface area contributed by atoms with Crippen LogP contribution in [0.25, 0.3) is 0 Å². The van der Waals surface area contributed by atoms with Gasteiger partial charge in [0.15, 0.2) is 11.5 Å². The summed E-state index contributed by atoms with van der Waals surface area (Å²) < 4.78 is 4.95. The quantitative estimate of drug-likeness (QED) is 0.655. The summed E-state index contributed by atoms with van der Waals surface area (Å²) in [6, 6.07) is 2.15. The maximum atomic E-state index is 10.8. The zero-order valence-corrected chi connectivity index (χ0v) is 11.4. The number of nitrogens with zero attached hydrogens (tertiary/aromatic N) is 1. The minimum Gasteiger partial charge on any atom is -0.504 e. The molecular weight excluding hydrogens is 272 g/mol. The van der Waals surface area contributed by atoms with Crippen molar-refractivity contribution in [3.05, 3.63) is 27.8 Å². The number of rotatable bonds is 4. The lowest BCUT2D eigenvalue weighted by atomic mass is 9.77. The van der Waals surface area contributed by atoms with Crippen LogP contribution in [0, 0.1) is 16.0 Å². The van der Waals surface area contributed by atoms with E-state index < -0.39 is 4.92 Å². The fraction of sp³-hybridized carbons (Fsp3) is 0.500. The predicted octanol–water partition coefficient (Wildman–Crippen LogP) is 2.53. The zero-order valence-electron chi connectivity index (χ0n) is 10.5. The van der Waals surface area contributed by atoms with Crippen LogP contribution in [0.5, 0.6) is 11.5 Å². The second-order valence-corrected chi connectivity index (χ2v) is 4.56. The van der Waals surface area contributed by atoms with E-state index in [9.17, 15) is 15.2 Å². The molecule has 0 spiro atoms. The lowest BCUT2D eigenvalue weighted by Crippen LogP contribution is -2.27. The molecule has 106 valence electrons. The number of nitro benzene ring substituents is 1. The van der Waals surface area contributed by atoms with E-state index in [2.05, 4.69) is 0 Å². The average Bonchev–Trinajstić information content (AvgIpc) is 2.26. The molecule has 2 rings (SSSR count). The molecule has 0 aliphatic heterocycles. The molecule has 0 radical (unpaired) electrons. The molecule has 1 aromatic rings. The van der Waals surface area contributed by atoms with Crippen LogP contribution in [0.15, 0.2) is 12.1 Å². The third-order valence-electron chi connectivity index (χ3n) is 3.54. The number of halogens is 1. The van der Waals surface area contributed by atoms with Gasteiger partial charge in [-0.15, -0.1) is 12.4 Å². The molecule has 7 heteroatoms. The minimum absolute atomic E-state index is 0. The summed E-state index contributed by atoms with van der Waals surface area (Å²) in [5.74, 6) is 0.277. The molecule has 0 bridgehead atoms. The van der Waals surface area contributed by atoms with Crippen LogP contribution < -0.4 is 10.5 Å². The van der Waals surface area contributed by atoms with Gasteiger partial charge in [0, 0.05) is 17.7 Å². The normalized spacial score (nSPS) is 16.1. The number of nitrogens with two attached hydrogens (primary N) is 1. The Hall–Kier alpha value is -1.53. The minimum atomic E-state index is -0.515. The van der Waals surface area contributed by atoms with E-state index in [1.807, 2.05) is 0 Å². The van der Waals surface area contributed by atoms with E-state index in [-0.39, 0.29) is 41.6 Å². The van der Waals surface area contributed by atoms with Crippen LogP contribution in [-0.2, 0) is 0 Å². The van der Waals surface area contributed by atoms with Gasteiger partial charge in [0.2, 0.25) is 0 Å².